The minimum atomic E-state index is -3.39. The number of rotatable bonds is 7. The molecule has 0 radical (unpaired) electrons. The van der Waals surface area contributed by atoms with Crippen molar-refractivity contribution in [3.8, 4) is 0 Å². The van der Waals surface area contributed by atoms with Gasteiger partial charge in [0.15, 0.2) is 0 Å². The molecule has 0 aliphatic rings. The fourth-order valence-electron chi connectivity index (χ4n) is 1.29. The Balaban J connectivity index is 2.84. The monoisotopic (exact) mass is 354 g/mol. The van der Waals surface area contributed by atoms with Gasteiger partial charge in [-0.2, -0.15) is 0 Å². The Bertz CT molecular complexity index is 483. The van der Waals surface area contributed by atoms with Crippen LogP contribution < -0.4 is 10.0 Å². The molecule has 0 bridgehead atoms. The second-order valence-electron chi connectivity index (χ2n) is 4.28. The summed E-state index contributed by atoms with van der Waals surface area (Å²) in [6.45, 7) is 7.20. The molecule has 0 saturated carbocycles. The highest BCUT2D eigenvalue weighted by atomic mass is 79.9. The van der Waals surface area contributed by atoms with E-state index in [0.717, 1.165) is 11.3 Å². The van der Waals surface area contributed by atoms with Crippen molar-refractivity contribution in [2.45, 2.75) is 44.7 Å². The maximum Gasteiger partial charge on any atom is 0.242 e. The van der Waals surface area contributed by atoms with Gasteiger partial charge in [-0.3, -0.25) is 0 Å². The number of nitrogens with one attached hydrogen (secondary N) is 2. The first kappa shape index (κ1) is 16.1. The van der Waals surface area contributed by atoms with E-state index in [1.807, 2.05) is 6.92 Å². The van der Waals surface area contributed by atoms with Crippen LogP contribution in [0.4, 0.5) is 0 Å². The first-order valence-corrected chi connectivity index (χ1v) is 8.97. The van der Waals surface area contributed by atoms with Crippen molar-refractivity contribution < 1.29 is 8.42 Å². The van der Waals surface area contributed by atoms with E-state index in [0.29, 0.717) is 27.8 Å². The molecule has 1 aromatic rings. The third kappa shape index (κ3) is 4.62. The highest BCUT2D eigenvalue weighted by molar-refractivity contribution is 9.11. The molecule has 1 rings (SSSR count). The summed E-state index contributed by atoms with van der Waals surface area (Å²) < 4.78 is 27.2. The van der Waals surface area contributed by atoms with Crippen LogP contribution in [0.5, 0.6) is 0 Å². The average molecular weight is 355 g/mol. The Hall–Kier alpha value is 0.0500. The van der Waals surface area contributed by atoms with Gasteiger partial charge >= 0.3 is 0 Å². The predicted molar refractivity (Wildman–Crippen MR) is 79.5 cm³/mol. The summed E-state index contributed by atoms with van der Waals surface area (Å²) in [5, 5.41) is 3.27. The van der Waals surface area contributed by atoms with E-state index in [1.165, 1.54) is 11.3 Å². The highest BCUT2D eigenvalue weighted by Gasteiger charge is 2.20. The van der Waals surface area contributed by atoms with Gasteiger partial charge in [-0.25, -0.2) is 13.1 Å². The molecule has 1 aromatic heterocycles. The molecular weight excluding hydrogens is 336 g/mol. The summed E-state index contributed by atoms with van der Waals surface area (Å²) in [5.41, 5.74) is 0. The van der Waals surface area contributed by atoms with Crippen LogP contribution in [0.2, 0.25) is 0 Å². The van der Waals surface area contributed by atoms with Gasteiger partial charge in [-0.1, -0.05) is 20.8 Å². The van der Waals surface area contributed by atoms with Gasteiger partial charge < -0.3 is 5.32 Å². The third-order valence-corrected chi connectivity index (χ3v) is 5.94. The van der Waals surface area contributed by atoms with Crippen LogP contribution >= 0.6 is 27.3 Å². The van der Waals surface area contributed by atoms with Gasteiger partial charge in [0.2, 0.25) is 10.0 Å². The van der Waals surface area contributed by atoms with Crippen molar-refractivity contribution >= 4 is 37.3 Å². The Morgan fingerprint density at radius 1 is 1.44 bits per heavy atom. The van der Waals surface area contributed by atoms with E-state index < -0.39 is 10.0 Å². The van der Waals surface area contributed by atoms with Gasteiger partial charge in [-0.05, 0) is 28.4 Å². The molecule has 7 heteroatoms. The molecule has 104 valence electrons. The zero-order valence-electron chi connectivity index (χ0n) is 10.8. The molecule has 0 saturated heterocycles. The van der Waals surface area contributed by atoms with Crippen LogP contribution in [0.25, 0.3) is 0 Å². The third-order valence-electron chi connectivity index (χ3n) is 2.22. The minimum absolute atomic E-state index is 0.335. The van der Waals surface area contributed by atoms with Crippen molar-refractivity contribution in [1.29, 1.82) is 0 Å². The highest BCUT2D eigenvalue weighted by Crippen LogP contribution is 2.31. The van der Waals surface area contributed by atoms with Crippen molar-refractivity contribution in [3.63, 3.8) is 0 Å². The molecule has 0 amide bonds. The van der Waals surface area contributed by atoms with Crippen LogP contribution in [-0.4, -0.2) is 21.0 Å². The zero-order chi connectivity index (χ0) is 13.8. The lowest BCUT2D eigenvalue weighted by Crippen LogP contribution is -2.24. The lowest BCUT2D eigenvalue weighted by molar-refractivity contribution is 0.580. The number of hydrogen-bond donors (Lipinski definition) is 2. The molecule has 0 aliphatic heterocycles. The Labute approximate surface area is 121 Å². The molecule has 0 aliphatic carbocycles. The molecular formula is C11H19BrN2O2S2. The molecule has 0 spiro atoms. The first-order valence-electron chi connectivity index (χ1n) is 5.88. The van der Waals surface area contributed by atoms with Crippen LogP contribution in [0.3, 0.4) is 0 Å². The summed E-state index contributed by atoms with van der Waals surface area (Å²) >= 11 is 4.78. The second-order valence-corrected chi connectivity index (χ2v) is 8.47. The summed E-state index contributed by atoms with van der Waals surface area (Å²) in [6.07, 6.45) is 0.781. The van der Waals surface area contributed by atoms with Crippen molar-refractivity contribution in [2.24, 2.45) is 0 Å². The van der Waals surface area contributed by atoms with E-state index in [9.17, 15) is 8.42 Å². The standard InChI is InChI=1S/C11H19BrN2O2S2/c1-4-5-14-18(15,16)10-6-9(17-11(10)12)7-13-8(2)3/h6,8,13-14H,4-5,7H2,1-3H3. The lowest BCUT2D eigenvalue weighted by Gasteiger charge is -2.05. The number of thiophene rings is 1. The van der Waals surface area contributed by atoms with Gasteiger partial charge in [0.05, 0.1) is 3.79 Å². The lowest BCUT2D eigenvalue weighted by atomic mass is 10.4. The number of sulfonamides is 1. The van der Waals surface area contributed by atoms with Crippen LogP contribution in [0.1, 0.15) is 32.1 Å². The van der Waals surface area contributed by atoms with Gasteiger partial charge in [0.1, 0.15) is 4.90 Å². The molecule has 1 heterocycles. The normalized spacial score (nSPS) is 12.3. The molecule has 4 nitrogen and oxygen atoms in total. The van der Waals surface area contributed by atoms with E-state index in [4.69, 9.17) is 0 Å². The van der Waals surface area contributed by atoms with Crippen LogP contribution in [-0.2, 0) is 16.6 Å². The molecule has 2 N–H and O–H groups in total. The van der Waals surface area contributed by atoms with Crippen molar-refractivity contribution in [1.82, 2.24) is 10.0 Å². The molecule has 0 atom stereocenters. The van der Waals surface area contributed by atoms with Gasteiger partial charge in [0.25, 0.3) is 0 Å². The number of halogens is 1. The summed E-state index contributed by atoms with van der Waals surface area (Å²) in [4.78, 5) is 1.34. The molecule has 0 unspecified atom stereocenters. The Kier molecular flexibility index (Phi) is 6.26. The summed E-state index contributed by atoms with van der Waals surface area (Å²) in [5.74, 6) is 0. The van der Waals surface area contributed by atoms with E-state index in [2.05, 4.69) is 39.8 Å². The van der Waals surface area contributed by atoms with Gasteiger partial charge in [-0.15, -0.1) is 11.3 Å². The topological polar surface area (TPSA) is 58.2 Å². The zero-order valence-corrected chi connectivity index (χ0v) is 14.0. The molecule has 18 heavy (non-hydrogen) atoms. The van der Waals surface area contributed by atoms with Crippen LogP contribution in [0, 0.1) is 0 Å². The maximum atomic E-state index is 12.0. The van der Waals surface area contributed by atoms with Crippen molar-refractivity contribution in [3.05, 3.63) is 14.7 Å². The molecule has 0 fully saturated rings. The molecule has 0 aromatic carbocycles. The fourth-order valence-corrected chi connectivity index (χ4v) is 5.05. The van der Waals surface area contributed by atoms with Gasteiger partial charge in [0, 0.05) is 24.0 Å². The van der Waals surface area contributed by atoms with E-state index in [1.54, 1.807) is 6.07 Å². The van der Waals surface area contributed by atoms with E-state index in [-0.39, 0.29) is 0 Å². The predicted octanol–water partition coefficient (Wildman–Crippen LogP) is 2.70. The smallest absolute Gasteiger partial charge is 0.242 e. The number of hydrogen-bond acceptors (Lipinski definition) is 4. The SMILES string of the molecule is CCCNS(=O)(=O)c1cc(CNC(C)C)sc1Br. The van der Waals surface area contributed by atoms with Crippen molar-refractivity contribution in [2.75, 3.05) is 6.54 Å². The summed E-state index contributed by atoms with van der Waals surface area (Å²) in [7, 11) is -3.39. The minimum Gasteiger partial charge on any atom is -0.310 e. The maximum absolute atomic E-state index is 12.0. The summed E-state index contributed by atoms with van der Waals surface area (Å²) in [6, 6.07) is 2.10. The second kappa shape index (κ2) is 7.00. The average Bonchev–Trinajstić information content (AvgIpc) is 2.66. The van der Waals surface area contributed by atoms with Crippen LogP contribution in [0.15, 0.2) is 14.7 Å². The van der Waals surface area contributed by atoms with E-state index >= 15 is 0 Å². The fraction of sp³-hybridized carbons (Fsp3) is 0.636. The largest absolute Gasteiger partial charge is 0.310 e. The Morgan fingerprint density at radius 3 is 2.67 bits per heavy atom. The quantitative estimate of drug-likeness (QED) is 0.791. The Morgan fingerprint density at radius 2 is 2.11 bits per heavy atom. The first-order chi connectivity index (χ1) is 8.36.